The zero-order valence-electron chi connectivity index (χ0n) is 14.0. The van der Waals surface area contributed by atoms with E-state index in [1.165, 1.54) is 6.07 Å². The van der Waals surface area contributed by atoms with E-state index in [2.05, 4.69) is 10.6 Å². The highest BCUT2D eigenvalue weighted by Crippen LogP contribution is 2.32. The summed E-state index contributed by atoms with van der Waals surface area (Å²) in [7, 11) is 0. The highest BCUT2D eigenvalue weighted by atomic mass is 19.1. The van der Waals surface area contributed by atoms with E-state index < -0.39 is 17.7 Å². The molecular weight excluding hydrogens is 327 g/mol. The second-order valence-corrected chi connectivity index (χ2v) is 6.74. The molecule has 136 valence electrons. The molecule has 0 bridgehead atoms. The number of rotatable bonds is 6. The molecule has 3 rings (SSSR count). The van der Waals surface area contributed by atoms with Crippen LogP contribution in [0.25, 0.3) is 0 Å². The van der Waals surface area contributed by atoms with Crippen LogP contribution in [0.4, 0.5) is 15.8 Å². The number of anilines is 2. The van der Waals surface area contributed by atoms with Crippen molar-refractivity contribution >= 4 is 23.3 Å². The smallest absolute Gasteiger partial charge is 0.306 e. The first-order chi connectivity index (χ1) is 12.0. The van der Waals surface area contributed by atoms with E-state index in [9.17, 15) is 14.0 Å². The Labute approximate surface area is 145 Å². The van der Waals surface area contributed by atoms with E-state index in [1.54, 1.807) is 12.1 Å². The van der Waals surface area contributed by atoms with Gasteiger partial charge in [0, 0.05) is 24.8 Å². The first kappa shape index (κ1) is 17.7. The number of carbonyl (C=O) groups excluding carboxylic acids is 1. The molecule has 3 atom stereocenters. The molecule has 0 spiro atoms. The second-order valence-electron chi connectivity index (χ2n) is 6.74. The van der Waals surface area contributed by atoms with Crippen molar-refractivity contribution in [1.82, 2.24) is 0 Å². The molecule has 1 aromatic carbocycles. The summed E-state index contributed by atoms with van der Waals surface area (Å²) in [6.45, 7) is 1.31. The quantitative estimate of drug-likeness (QED) is 0.734. The van der Waals surface area contributed by atoms with Gasteiger partial charge in [-0.25, -0.2) is 4.39 Å². The molecule has 3 N–H and O–H groups in total. The number of halogens is 1. The van der Waals surface area contributed by atoms with Gasteiger partial charge in [-0.15, -0.1) is 0 Å². The van der Waals surface area contributed by atoms with Crippen molar-refractivity contribution in [2.45, 2.75) is 38.2 Å². The molecule has 1 saturated heterocycles. The maximum absolute atomic E-state index is 14.2. The summed E-state index contributed by atoms with van der Waals surface area (Å²) in [5.74, 6) is -2.34. The number of benzene rings is 1. The highest BCUT2D eigenvalue weighted by molar-refractivity contribution is 5.93. The molecule has 1 unspecified atom stereocenters. The number of amides is 1. The van der Waals surface area contributed by atoms with Crippen LogP contribution in [-0.4, -0.2) is 36.2 Å². The van der Waals surface area contributed by atoms with Gasteiger partial charge in [0.05, 0.1) is 17.7 Å². The lowest BCUT2D eigenvalue weighted by Gasteiger charge is -2.14. The average molecular weight is 350 g/mol. The summed E-state index contributed by atoms with van der Waals surface area (Å²) >= 11 is 0. The molecule has 1 aromatic rings. The Bertz CT molecular complexity index is 646. The van der Waals surface area contributed by atoms with Crippen molar-refractivity contribution in [3.8, 4) is 0 Å². The molecule has 25 heavy (non-hydrogen) atoms. The SMILES string of the molecule is O=C(O)[C@@H]1CC[C@H](C(=O)Nc2ccc(NCC3CCCO3)c(F)c2)C1. The van der Waals surface area contributed by atoms with Gasteiger partial charge in [-0.3, -0.25) is 9.59 Å². The maximum Gasteiger partial charge on any atom is 0.306 e. The summed E-state index contributed by atoms with van der Waals surface area (Å²) in [5, 5.41) is 14.7. The van der Waals surface area contributed by atoms with E-state index in [-0.39, 0.29) is 17.9 Å². The van der Waals surface area contributed by atoms with Crippen LogP contribution in [0.5, 0.6) is 0 Å². The number of hydrogen-bond donors (Lipinski definition) is 3. The summed E-state index contributed by atoms with van der Waals surface area (Å²) in [5.41, 5.74) is 0.754. The molecule has 0 aromatic heterocycles. The third kappa shape index (κ3) is 4.48. The van der Waals surface area contributed by atoms with Crippen molar-refractivity contribution in [2.75, 3.05) is 23.8 Å². The lowest BCUT2D eigenvalue weighted by atomic mass is 10.0. The molecule has 1 amide bonds. The van der Waals surface area contributed by atoms with Crippen LogP contribution in [-0.2, 0) is 14.3 Å². The number of aliphatic carboxylic acids is 1. The Hall–Kier alpha value is -2.15. The van der Waals surface area contributed by atoms with Gasteiger partial charge in [-0.1, -0.05) is 0 Å². The number of ether oxygens (including phenoxy) is 1. The second kappa shape index (κ2) is 7.82. The van der Waals surface area contributed by atoms with Gasteiger partial charge in [0.25, 0.3) is 0 Å². The minimum atomic E-state index is -0.858. The zero-order chi connectivity index (χ0) is 17.8. The van der Waals surface area contributed by atoms with Crippen LogP contribution in [0.2, 0.25) is 0 Å². The number of hydrogen-bond acceptors (Lipinski definition) is 4. The first-order valence-corrected chi connectivity index (χ1v) is 8.71. The molecule has 1 heterocycles. The summed E-state index contributed by atoms with van der Waals surface area (Å²) in [6.07, 6.45) is 3.51. The number of carboxylic acid groups (broad SMARTS) is 1. The molecule has 6 nitrogen and oxygen atoms in total. The van der Waals surface area contributed by atoms with Crippen molar-refractivity contribution in [3.05, 3.63) is 24.0 Å². The van der Waals surface area contributed by atoms with Crippen LogP contribution in [0.3, 0.4) is 0 Å². The lowest BCUT2D eigenvalue weighted by Crippen LogP contribution is -2.22. The van der Waals surface area contributed by atoms with E-state index in [0.717, 1.165) is 19.4 Å². The lowest BCUT2D eigenvalue weighted by molar-refractivity contribution is -0.141. The number of nitrogens with one attached hydrogen (secondary N) is 2. The van der Waals surface area contributed by atoms with Gasteiger partial charge >= 0.3 is 5.97 Å². The van der Waals surface area contributed by atoms with Gasteiger partial charge in [0.1, 0.15) is 5.82 Å². The third-order valence-corrected chi connectivity index (χ3v) is 4.93. The van der Waals surface area contributed by atoms with Crippen molar-refractivity contribution in [3.63, 3.8) is 0 Å². The van der Waals surface area contributed by atoms with Gasteiger partial charge in [-0.05, 0) is 50.3 Å². The maximum atomic E-state index is 14.2. The van der Waals surface area contributed by atoms with Crippen LogP contribution < -0.4 is 10.6 Å². The Balaban J connectivity index is 1.53. The number of carbonyl (C=O) groups is 2. The fraction of sp³-hybridized carbons (Fsp3) is 0.556. The van der Waals surface area contributed by atoms with Crippen molar-refractivity contribution in [2.24, 2.45) is 11.8 Å². The fourth-order valence-electron chi connectivity index (χ4n) is 3.45. The van der Waals surface area contributed by atoms with E-state index >= 15 is 0 Å². The zero-order valence-corrected chi connectivity index (χ0v) is 14.0. The normalized spacial score (nSPS) is 25.7. The minimum Gasteiger partial charge on any atom is -0.481 e. The number of carboxylic acids is 1. The summed E-state index contributed by atoms with van der Waals surface area (Å²) in [4.78, 5) is 23.2. The van der Waals surface area contributed by atoms with E-state index in [1.807, 2.05) is 0 Å². The Kier molecular flexibility index (Phi) is 5.53. The third-order valence-electron chi connectivity index (χ3n) is 4.93. The fourth-order valence-corrected chi connectivity index (χ4v) is 3.45. The van der Waals surface area contributed by atoms with Gasteiger partial charge in [0.15, 0.2) is 0 Å². The topological polar surface area (TPSA) is 87.7 Å². The van der Waals surface area contributed by atoms with E-state index in [4.69, 9.17) is 9.84 Å². The van der Waals surface area contributed by atoms with Gasteiger partial charge < -0.3 is 20.5 Å². The standard InChI is InChI=1S/C18H23FN2O4/c19-15-9-13(5-6-16(15)20-10-14-2-1-7-25-14)21-17(22)11-3-4-12(8-11)18(23)24/h5-6,9,11-12,14,20H,1-4,7-8,10H2,(H,21,22)(H,23,24)/t11-,12+,14?/m0/s1. The molecule has 1 aliphatic heterocycles. The van der Waals surface area contributed by atoms with E-state index in [0.29, 0.717) is 37.2 Å². The van der Waals surface area contributed by atoms with Crippen LogP contribution in [0.15, 0.2) is 18.2 Å². The largest absolute Gasteiger partial charge is 0.481 e. The molecule has 7 heteroatoms. The summed E-state index contributed by atoms with van der Waals surface area (Å²) in [6, 6.07) is 4.51. The van der Waals surface area contributed by atoms with Crippen LogP contribution in [0, 0.1) is 17.7 Å². The molecule has 0 radical (unpaired) electrons. The highest BCUT2D eigenvalue weighted by Gasteiger charge is 2.33. The average Bonchev–Trinajstić information content (AvgIpc) is 3.26. The Morgan fingerprint density at radius 1 is 1.24 bits per heavy atom. The minimum absolute atomic E-state index is 0.114. The monoisotopic (exact) mass is 350 g/mol. The van der Waals surface area contributed by atoms with Gasteiger partial charge in [0.2, 0.25) is 5.91 Å². The Morgan fingerprint density at radius 3 is 2.68 bits per heavy atom. The first-order valence-electron chi connectivity index (χ1n) is 8.71. The molecule has 1 saturated carbocycles. The van der Waals surface area contributed by atoms with Crippen LogP contribution in [0.1, 0.15) is 32.1 Å². The van der Waals surface area contributed by atoms with Crippen LogP contribution >= 0.6 is 0 Å². The Morgan fingerprint density at radius 2 is 2.04 bits per heavy atom. The predicted octanol–water partition coefficient (Wildman–Crippen LogP) is 2.86. The molecule has 2 aliphatic rings. The molecule has 2 fully saturated rings. The van der Waals surface area contributed by atoms with Crippen molar-refractivity contribution < 1.29 is 23.8 Å². The molecular formula is C18H23FN2O4. The predicted molar refractivity (Wildman–Crippen MR) is 91.0 cm³/mol. The summed E-state index contributed by atoms with van der Waals surface area (Å²) < 4.78 is 19.7. The van der Waals surface area contributed by atoms with Crippen molar-refractivity contribution in [1.29, 1.82) is 0 Å². The van der Waals surface area contributed by atoms with Gasteiger partial charge in [-0.2, -0.15) is 0 Å². The molecule has 1 aliphatic carbocycles.